The lowest BCUT2D eigenvalue weighted by Gasteiger charge is -2.33. The highest BCUT2D eigenvalue weighted by Gasteiger charge is 2.37. The Labute approximate surface area is 215 Å². The number of halogens is 2. The fourth-order valence-corrected chi connectivity index (χ4v) is 6.27. The van der Waals surface area contributed by atoms with Crippen LogP contribution in [0.15, 0.2) is 51.9 Å². The molecule has 0 saturated carbocycles. The van der Waals surface area contributed by atoms with Crippen LogP contribution in [-0.2, 0) is 14.8 Å². The van der Waals surface area contributed by atoms with Crippen LogP contribution in [-0.4, -0.2) is 43.4 Å². The summed E-state index contributed by atoms with van der Waals surface area (Å²) in [7, 11) is -3.99. The van der Waals surface area contributed by atoms with Gasteiger partial charge in [-0.25, -0.2) is 17.2 Å². The SMILES string of the molecule is CCN(C(=O)C1CCN(S(=O)(=O)c2c(C)noc2C=Cc2ccc(F)cc2F)CC1)c1cccc(C)c1. The van der Waals surface area contributed by atoms with Crippen molar-refractivity contribution in [3.8, 4) is 0 Å². The number of benzene rings is 2. The van der Waals surface area contributed by atoms with Gasteiger partial charge in [0.25, 0.3) is 0 Å². The second kappa shape index (κ2) is 10.9. The van der Waals surface area contributed by atoms with Gasteiger partial charge in [-0.15, -0.1) is 0 Å². The minimum atomic E-state index is -3.99. The zero-order valence-corrected chi connectivity index (χ0v) is 21.8. The van der Waals surface area contributed by atoms with Crippen LogP contribution in [0.3, 0.4) is 0 Å². The van der Waals surface area contributed by atoms with Crippen LogP contribution in [0.1, 0.15) is 42.3 Å². The number of hydrogen-bond acceptors (Lipinski definition) is 5. The van der Waals surface area contributed by atoms with Crippen molar-refractivity contribution >= 4 is 33.8 Å². The minimum absolute atomic E-state index is 0.0174. The molecule has 2 heterocycles. The first-order chi connectivity index (χ1) is 17.6. The maximum Gasteiger partial charge on any atom is 0.248 e. The summed E-state index contributed by atoms with van der Waals surface area (Å²) in [5.74, 6) is -1.85. The smallest absolute Gasteiger partial charge is 0.248 e. The van der Waals surface area contributed by atoms with Crippen LogP contribution in [0.2, 0.25) is 0 Å². The summed E-state index contributed by atoms with van der Waals surface area (Å²) in [6, 6.07) is 10.8. The summed E-state index contributed by atoms with van der Waals surface area (Å²) in [6.45, 7) is 6.27. The highest BCUT2D eigenvalue weighted by atomic mass is 32.2. The first-order valence-corrected chi connectivity index (χ1v) is 13.5. The van der Waals surface area contributed by atoms with Crippen molar-refractivity contribution < 1.29 is 26.5 Å². The van der Waals surface area contributed by atoms with E-state index in [1.807, 2.05) is 38.1 Å². The molecule has 1 fully saturated rings. The second-order valence-electron chi connectivity index (χ2n) is 9.06. The molecule has 1 aromatic heterocycles. The summed E-state index contributed by atoms with van der Waals surface area (Å²) >= 11 is 0. The van der Waals surface area contributed by atoms with E-state index in [0.29, 0.717) is 19.4 Å². The second-order valence-corrected chi connectivity index (χ2v) is 10.9. The summed E-state index contributed by atoms with van der Waals surface area (Å²) < 4.78 is 60.8. The maximum atomic E-state index is 14.0. The Balaban J connectivity index is 1.49. The first kappa shape index (κ1) is 26.7. The Kier molecular flexibility index (Phi) is 7.89. The van der Waals surface area contributed by atoms with Gasteiger partial charge < -0.3 is 9.42 Å². The van der Waals surface area contributed by atoms with E-state index in [1.54, 1.807) is 4.90 Å². The van der Waals surface area contributed by atoms with E-state index in [1.165, 1.54) is 29.4 Å². The van der Waals surface area contributed by atoms with Crippen LogP contribution in [0.5, 0.6) is 0 Å². The van der Waals surface area contributed by atoms with Crippen LogP contribution in [0.4, 0.5) is 14.5 Å². The number of aromatic nitrogens is 1. The molecule has 4 rings (SSSR count). The van der Waals surface area contributed by atoms with E-state index in [9.17, 15) is 22.0 Å². The molecule has 1 aliphatic heterocycles. The average Bonchev–Trinajstić information content (AvgIpc) is 3.25. The van der Waals surface area contributed by atoms with Gasteiger partial charge in [0.2, 0.25) is 15.9 Å². The Morgan fingerprint density at radius 2 is 1.86 bits per heavy atom. The highest BCUT2D eigenvalue weighted by molar-refractivity contribution is 7.89. The lowest BCUT2D eigenvalue weighted by atomic mass is 9.96. The average molecular weight is 530 g/mol. The Morgan fingerprint density at radius 3 is 2.51 bits per heavy atom. The molecule has 0 bridgehead atoms. The quantitative estimate of drug-likeness (QED) is 0.421. The standard InChI is InChI=1S/C27H29F2N3O4S/c1-4-32(23-7-5-6-18(2)16-23)27(33)21-12-14-31(15-13-21)37(34,35)26-19(3)30-36-25(26)11-9-20-8-10-22(28)17-24(20)29/h5-11,16-17,21H,4,12-15H2,1-3H3. The Bertz CT molecular complexity index is 1430. The van der Waals surface area contributed by atoms with Crippen LogP contribution < -0.4 is 4.90 Å². The molecule has 0 atom stereocenters. The van der Waals surface area contributed by atoms with E-state index in [4.69, 9.17) is 4.52 Å². The molecule has 7 nitrogen and oxygen atoms in total. The van der Waals surface area contributed by atoms with E-state index in [-0.39, 0.29) is 46.8 Å². The number of nitrogens with zero attached hydrogens (tertiary/aromatic N) is 3. The molecule has 0 aliphatic carbocycles. The summed E-state index contributed by atoms with van der Waals surface area (Å²) in [5.41, 5.74) is 2.14. The third kappa shape index (κ3) is 5.65. The van der Waals surface area contributed by atoms with Crippen LogP contribution >= 0.6 is 0 Å². The van der Waals surface area contributed by atoms with Crippen LogP contribution in [0, 0.1) is 31.4 Å². The van der Waals surface area contributed by atoms with Gasteiger partial charge in [-0.3, -0.25) is 4.79 Å². The van der Waals surface area contributed by atoms with Gasteiger partial charge in [-0.1, -0.05) is 17.3 Å². The topological polar surface area (TPSA) is 83.7 Å². The van der Waals surface area contributed by atoms with E-state index < -0.39 is 21.7 Å². The molecule has 1 saturated heterocycles. The minimum Gasteiger partial charge on any atom is -0.355 e. The molecule has 0 spiro atoms. The van der Waals surface area contributed by atoms with Crippen molar-refractivity contribution in [1.82, 2.24) is 9.46 Å². The highest BCUT2D eigenvalue weighted by Crippen LogP contribution is 2.31. The number of carbonyl (C=O) groups is 1. The Morgan fingerprint density at radius 1 is 1.14 bits per heavy atom. The normalized spacial score (nSPS) is 15.4. The molecule has 196 valence electrons. The molecule has 1 aliphatic rings. The van der Waals surface area contributed by atoms with E-state index >= 15 is 0 Å². The predicted octanol–water partition coefficient (Wildman–Crippen LogP) is 5.19. The van der Waals surface area contributed by atoms with Crippen molar-refractivity contribution in [2.75, 3.05) is 24.5 Å². The first-order valence-electron chi connectivity index (χ1n) is 12.1. The third-order valence-corrected chi connectivity index (χ3v) is 8.56. The molecule has 3 aromatic rings. The fraction of sp³-hybridized carbons (Fsp3) is 0.333. The number of piperidine rings is 1. The number of rotatable bonds is 7. The lowest BCUT2D eigenvalue weighted by molar-refractivity contribution is -0.123. The molecular formula is C27H29F2N3O4S. The number of anilines is 1. The van der Waals surface area contributed by atoms with Crippen molar-refractivity contribution in [2.24, 2.45) is 5.92 Å². The molecule has 0 N–H and O–H groups in total. The summed E-state index contributed by atoms with van der Waals surface area (Å²) in [4.78, 5) is 14.9. The molecule has 0 radical (unpaired) electrons. The number of aryl methyl sites for hydroxylation is 2. The predicted molar refractivity (Wildman–Crippen MR) is 137 cm³/mol. The van der Waals surface area contributed by atoms with E-state index in [2.05, 4.69) is 5.16 Å². The maximum absolute atomic E-state index is 14.0. The third-order valence-electron chi connectivity index (χ3n) is 6.51. The number of sulfonamides is 1. The van der Waals surface area contributed by atoms with Crippen molar-refractivity contribution in [2.45, 2.75) is 38.5 Å². The van der Waals surface area contributed by atoms with Gasteiger partial charge in [0, 0.05) is 42.9 Å². The van der Waals surface area contributed by atoms with Gasteiger partial charge in [0.15, 0.2) is 10.7 Å². The zero-order chi connectivity index (χ0) is 26.7. The monoisotopic (exact) mass is 529 g/mol. The summed E-state index contributed by atoms with van der Waals surface area (Å²) in [5, 5.41) is 3.80. The molecule has 1 amide bonds. The fourth-order valence-electron chi connectivity index (χ4n) is 4.55. The Hall–Kier alpha value is -3.37. The van der Waals surface area contributed by atoms with Gasteiger partial charge in [-0.2, -0.15) is 4.31 Å². The molecular weight excluding hydrogens is 500 g/mol. The van der Waals surface area contributed by atoms with Crippen molar-refractivity contribution in [1.29, 1.82) is 0 Å². The van der Waals surface area contributed by atoms with Crippen LogP contribution in [0.25, 0.3) is 12.2 Å². The van der Waals surface area contributed by atoms with Crippen molar-refractivity contribution in [3.05, 3.63) is 76.7 Å². The van der Waals surface area contributed by atoms with Gasteiger partial charge in [0.05, 0.1) is 0 Å². The van der Waals surface area contributed by atoms with Gasteiger partial charge in [0.1, 0.15) is 17.3 Å². The summed E-state index contributed by atoms with van der Waals surface area (Å²) in [6.07, 6.45) is 3.39. The molecule has 10 heteroatoms. The number of amides is 1. The molecule has 0 unspecified atom stereocenters. The van der Waals surface area contributed by atoms with Crippen molar-refractivity contribution in [3.63, 3.8) is 0 Å². The lowest BCUT2D eigenvalue weighted by Crippen LogP contribution is -2.44. The number of hydrogen-bond donors (Lipinski definition) is 0. The number of carbonyl (C=O) groups excluding carboxylic acids is 1. The molecule has 2 aromatic carbocycles. The van der Waals surface area contributed by atoms with E-state index in [0.717, 1.165) is 23.4 Å². The zero-order valence-electron chi connectivity index (χ0n) is 20.9. The molecule has 37 heavy (non-hydrogen) atoms. The van der Waals surface area contributed by atoms with Gasteiger partial charge >= 0.3 is 0 Å². The van der Waals surface area contributed by atoms with Gasteiger partial charge in [-0.05, 0) is 75.6 Å². The largest absolute Gasteiger partial charge is 0.355 e.